The highest BCUT2D eigenvalue weighted by atomic mass is 16.7. The van der Waals surface area contributed by atoms with Gasteiger partial charge in [-0.1, -0.05) is 25.7 Å². The molecule has 2 atom stereocenters. The summed E-state index contributed by atoms with van der Waals surface area (Å²) in [4.78, 5) is 0. The van der Waals surface area contributed by atoms with Crippen molar-refractivity contribution in [2.24, 2.45) is 0 Å². The Morgan fingerprint density at radius 2 is 1.82 bits per heavy atom. The van der Waals surface area contributed by atoms with Crippen LogP contribution in [0.5, 0.6) is 0 Å². The average Bonchev–Trinajstić information content (AvgIpc) is 2.54. The van der Waals surface area contributed by atoms with E-state index in [0.717, 1.165) is 32.3 Å². The zero-order valence-corrected chi connectivity index (χ0v) is 14.4. The van der Waals surface area contributed by atoms with Crippen molar-refractivity contribution >= 4 is 0 Å². The first-order valence-electron chi connectivity index (χ1n) is 8.81. The molecule has 0 spiro atoms. The minimum Gasteiger partial charge on any atom is -0.353 e. The molecule has 1 fully saturated rings. The fourth-order valence-corrected chi connectivity index (χ4v) is 2.35. The quantitative estimate of drug-likeness (QED) is 0.348. The molecule has 1 rings (SSSR count). The van der Waals surface area contributed by atoms with Crippen LogP contribution < -0.4 is 0 Å². The van der Waals surface area contributed by atoms with Crippen LogP contribution >= 0.6 is 0 Å². The van der Waals surface area contributed by atoms with Gasteiger partial charge in [0.15, 0.2) is 6.29 Å². The molecule has 128 valence electrons. The Morgan fingerprint density at radius 1 is 1.05 bits per heavy atom. The van der Waals surface area contributed by atoms with E-state index < -0.39 is 6.29 Å². The Balaban J connectivity index is 2.54. The molecular weight excluding hydrogens is 280 g/mol. The topological polar surface area (TPSA) is 36.9 Å². The zero-order chi connectivity index (χ0) is 16.0. The van der Waals surface area contributed by atoms with Crippen molar-refractivity contribution in [2.45, 2.75) is 84.4 Å². The van der Waals surface area contributed by atoms with Gasteiger partial charge in [0, 0.05) is 19.8 Å². The van der Waals surface area contributed by atoms with E-state index >= 15 is 0 Å². The van der Waals surface area contributed by atoms with Gasteiger partial charge in [-0.15, -0.1) is 0 Å². The Bertz CT molecular complexity index is 309. The molecule has 0 unspecified atom stereocenters. The number of unbranched alkanes of at least 4 members (excludes halogenated alkanes) is 2. The molecule has 0 N–H and O–H groups in total. The lowest BCUT2D eigenvalue weighted by Crippen LogP contribution is -2.27. The van der Waals surface area contributed by atoms with Gasteiger partial charge in [0.2, 0.25) is 6.29 Å². The molecule has 0 aromatic heterocycles. The van der Waals surface area contributed by atoms with Crippen LogP contribution in [0.3, 0.4) is 0 Å². The maximum Gasteiger partial charge on any atom is 0.222 e. The highest BCUT2D eigenvalue weighted by Gasteiger charge is 2.18. The van der Waals surface area contributed by atoms with E-state index in [1.807, 2.05) is 13.8 Å². The van der Waals surface area contributed by atoms with Crippen molar-refractivity contribution in [1.29, 1.82) is 0 Å². The SMILES string of the molecule is CCCCC[C@@H](C#CC(OCC)OCC)O[C@@H]1CCCCO1. The number of hydrogen-bond donors (Lipinski definition) is 0. The molecule has 0 amide bonds. The minimum atomic E-state index is -0.459. The van der Waals surface area contributed by atoms with Crippen molar-refractivity contribution in [3.05, 3.63) is 0 Å². The standard InChI is InChI=1S/C18H32O4/c1-4-7-8-11-16(22-18-12-9-10-15-21-18)13-14-17(19-5-2)20-6-3/h16-18H,4-12,15H2,1-3H3/t16-,18+/m0/s1. The summed E-state index contributed by atoms with van der Waals surface area (Å²) in [7, 11) is 0. The smallest absolute Gasteiger partial charge is 0.222 e. The molecule has 1 saturated heterocycles. The normalized spacial score (nSPS) is 19.7. The van der Waals surface area contributed by atoms with Gasteiger partial charge in [0.1, 0.15) is 6.10 Å². The van der Waals surface area contributed by atoms with E-state index in [1.54, 1.807) is 0 Å². The first-order chi connectivity index (χ1) is 10.8. The van der Waals surface area contributed by atoms with Crippen molar-refractivity contribution in [3.63, 3.8) is 0 Å². The minimum absolute atomic E-state index is 0.0990. The third kappa shape index (κ3) is 8.75. The molecule has 1 heterocycles. The molecule has 0 radical (unpaired) electrons. The van der Waals surface area contributed by atoms with Gasteiger partial charge in [0.05, 0.1) is 0 Å². The second kappa shape index (κ2) is 12.9. The average molecular weight is 312 g/mol. The number of ether oxygens (including phenoxy) is 4. The molecule has 1 aliphatic heterocycles. The van der Waals surface area contributed by atoms with E-state index in [2.05, 4.69) is 18.8 Å². The Kier molecular flexibility index (Phi) is 11.4. The van der Waals surface area contributed by atoms with Crippen LogP contribution in [0.4, 0.5) is 0 Å². The lowest BCUT2D eigenvalue weighted by Gasteiger charge is -2.25. The summed E-state index contributed by atoms with van der Waals surface area (Å²) in [5.74, 6) is 6.26. The molecule has 1 aliphatic rings. The first-order valence-corrected chi connectivity index (χ1v) is 8.81. The van der Waals surface area contributed by atoms with Crippen molar-refractivity contribution in [3.8, 4) is 11.8 Å². The highest BCUT2D eigenvalue weighted by Crippen LogP contribution is 2.17. The Hall–Kier alpha value is -0.600. The van der Waals surface area contributed by atoms with Crippen LogP contribution in [0.2, 0.25) is 0 Å². The van der Waals surface area contributed by atoms with Crippen LogP contribution in [0.1, 0.15) is 65.7 Å². The molecule has 4 heteroatoms. The van der Waals surface area contributed by atoms with E-state index in [-0.39, 0.29) is 12.4 Å². The predicted octanol–water partition coefficient (Wildman–Crippen LogP) is 3.88. The van der Waals surface area contributed by atoms with E-state index in [0.29, 0.717) is 13.2 Å². The van der Waals surface area contributed by atoms with E-state index in [9.17, 15) is 0 Å². The van der Waals surface area contributed by atoms with Gasteiger partial charge in [-0.05, 0) is 51.9 Å². The third-order valence-corrected chi connectivity index (χ3v) is 3.52. The number of hydrogen-bond acceptors (Lipinski definition) is 4. The van der Waals surface area contributed by atoms with E-state index in [1.165, 1.54) is 19.3 Å². The number of rotatable bonds is 10. The summed E-state index contributed by atoms with van der Waals surface area (Å²) in [5, 5.41) is 0. The summed E-state index contributed by atoms with van der Waals surface area (Å²) >= 11 is 0. The van der Waals surface area contributed by atoms with Gasteiger partial charge < -0.3 is 18.9 Å². The maximum atomic E-state index is 6.04. The molecule has 0 saturated carbocycles. The first kappa shape index (κ1) is 19.4. The van der Waals surface area contributed by atoms with E-state index in [4.69, 9.17) is 18.9 Å². The van der Waals surface area contributed by atoms with Crippen LogP contribution in [-0.4, -0.2) is 38.5 Å². The summed E-state index contributed by atoms with van der Waals surface area (Å²) < 4.78 is 22.6. The van der Waals surface area contributed by atoms with Crippen molar-refractivity contribution in [1.82, 2.24) is 0 Å². The second-order valence-corrected chi connectivity index (χ2v) is 5.45. The fraction of sp³-hybridized carbons (Fsp3) is 0.889. The molecule has 0 bridgehead atoms. The van der Waals surface area contributed by atoms with Crippen LogP contribution in [0, 0.1) is 11.8 Å². The lowest BCUT2D eigenvalue weighted by molar-refractivity contribution is -0.177. The van der Waals surface area contributed by atoms with Crippen LogP contribution in [0.25, 0.3) is 0 Å². The molecular formula is C18H32O4. The van der Waals surface area contributed by atoms with Gasteiger partial charge in [0.25, 0.3) is 0 Å². The Labute approximate surface area is 135 Å². The summed E-state index contributed by atoms with van der Waals surface area (Å²) in [6, 6.07) is 0. The van der Waals surface area contributed by atoms with Gasteiger partial charge >= 0.3 is 0 Å². The fourth-order valence-electron chi connectivity index (χ4n) is 2.35. The summed E-state index contributed by atoms with van der Waals surface area (Å²) in [6.07, 6.45) is 7.05. The van der Waals surface area contributed by atoms with Gasteiger partial charge in [-0.2, -0.15) is 0 Å². The highest BCUT2D eigenvalue weighted by molar-refractivity contribution is 5.08. The van der Waals surface area contributed by atoms with Crippen molar-refractivity contribution < 1.29 is 18.9 Å². The summed E-state index contributed by atoms with van der Waals surface area (Å²) in [6.45, 7) is 8.06. The van der Waals surface area contributed by atoms with Gasteiger partial charge in [-0.25, -0.2) is 0 Å². The maximum absolute atomic E-state index is 6.04. The lowest BCUT2D eigenvalue weighted by atomic mass is 10.1. The van der Waals surface area contributed by atoms with Gasteiger partial charge in [-0.3, -0.25) is 0 Å². The van der Waals surface area contributed by atoms with Crippen LogP contribution in [-0.2, 0) is 18.9 Å². The second-order valence-electron chi connectivity index (χ2n) is 5.45. The summed E-state index contributed by atoms with van der Waals surface area (Å²) in [5.41, 5.74) is 0. The monoisotopic (exact) mass is 312 g/mol. The van der Waals surface area contributed by atoms with Crippen molar-refractivity contribution in [2.75, 3.05) is 19.8 Å². The molecule has 0 aromatic rings. The Morgan fingerprint density at radius 3 is 2.41 bits per heavy atom. The molecule has 0 aliphatic carbocycles. The zero-order valence-electron chi connectivity index (χ0n) is 14.4. The third-order valence-electron chi connectivity index (χ3n) is 3.52. The van der Waals surface area contributed by atoms with Crippen LogP contribution in [0.15, 0.2) is 0 Å². The molecule has 0 aromatic carbocycles. The predicted molar refractivity (Wildman–Crippen MR) is 87.4 cm³/mol. The molecule has 22 heavy (non-hydrogen) atoms. The largest absolute Gasteiger partial charge is 0.353 e. The molecule has 4 nitrogen and oxygen atoms in total.